The number of benzene rings is 1. The van der Waals surface area contributed by atoms with Gasteiger partial charge in [-0.15, -0.1) is 0 Å². The number of rotatable bonds is 5. The summed E-state index contributed by atoms with van der Waals surface area (Å²) in [4.78, 5) is 24.9. The van der Waals surface area contributed by atoms with Crippen molar-refractivity contribution in [2.24, 2.45) is 16.9 Å². The van der Waals surface area contributed by atoms with E-state index in [2.05, 4.69) is 24.3 Å². The zero-order valence-corrected chi connectivity index (χ0v) is 18.1. The monoisotopic (exact) mass is 425 g/mol. The van der Waals surface area contributed by atoms with E-state index in [-0.39, 0.29) is 29.9 Å². The Balaban J connectivity index is 1.75. The van der Waals surface area contributed by atoms with Crippen LogP contribution in [0.15, 0.2) is 18.2 Å². The van der Waals surface area contributed by atoms with Crippen LogP contribution in [0.5, 0.6) is 0 Å². The van der Waals surface area contributed by atoms with E-state index in [1.807, 2.05) is 6.07 Å². The molecule has 1 aromatic carbocycles. The Hall–Kier alpha value is -2.71. The third-order valence-electron chi connectivity index (χ3n) is 6.38. The second-order valence-electron chi connectivity index (χ2n) is 9.57. The largest absolute Gasteiger partial charge is 0.393 e. The van der Waals surface area contributed by atoms with Crippen molar-refractivity contribution < 1.29 is 14.7 Å². The number of hydrogen-bond donors (Lipinski definition) is 4. The molecule has 0 bridgehead atoms. The molecule has 0 unspecified atom stereocenters. The van der Waals surface area contributed by atoms with E-state index < -0.39 is 5.91 Å². The van der Waals surface area contributed by atoms with E-state index >= 15 is 0 Å². The number of carbonyl (C=O) groups is 2. The lowest BCUT2D eigenvalue weighted by molar-refractivity contribution is 0.0909. The first-order chi connectivity index (χ1) is 14.7. The third-order valence-corrected chi connectivity index (χ3v) is 6.38. The highest BCUT2D eigenvalue weighted by Gasteiger charge is 2.36. The summed E-state index contributed by atoms with van der Waals surface area (Å²) in [5.41, 5.74) is 15.3. The van der Waals surface area contributed by atoms with Crippen LogP contribution in [-0.2, 0) is 13.0 Å². The van der Waals surface area contributed by atoms with E-state index in [4.69, 9.17) is 11.5 Å². The van der Waals surface area contributed by atoms with Crippen LogP contribution < -0.4 is 16.8 Å². The van der Waals surface area contributed by atoms with Crippen LogP contribution in [0.3, 0.4) is 0 Å². The lowest BCUT2D eigenvalue weighted by atomic mass is 9.75. The predicted molar refractivity (Wildman–Crippen MR) is 118 cm³/mol. The number of aliphatic hydroxyl groups is 1. The van der Waals surface area contributed by atoms with Crippen molar-refractivity contribution in [2.75, 3.05) is 5.32 Å². The van der Waals surface area contributed by atoms with Crippen LogP contribution in [0.25, 0.3) is 5.69 Å². The SMILES string of the molecule is CC1(C)CC(=O)c2c(CN)nn(-c3ccc(C(N)=O)c(N[C@H]4CC[C@H](O)CC4)c3)c2C1. The molecule has 166 valence electrons. The molecule has 1 heterocycles. The highest BCUT2D eigenvalue weighted by atomic mass is 16.3. The summed E-state index contributed by atoms with van der Waals surface area (Å²) in [5.74, 6) is -0.433. The molecule has 0 atom stereocenters. The molecule has 0 radical (unpaired) electrons. The fourth-order valence-electron chi connectivity index (χ4n) is 4.82. The van der Waals surface area contributed by atoms with Crippen molar-refractivity contribution in [3.8, 4) is 5.69 Å². The summed E-state index contributed by atoms with van der Waals surface area (Å²) in [6, 6.07) is 5.52. The number of fused-ring (bicyclic) bond motifs is 1. The molecule has 0 spiro atoms. The van der Waals surface area contributed by atoms with Crippen LogP contribution in [0.4, 0.5) is 5.69 Å². The second-order valence-corrected chi connectivity index (χ2v) is 9.57. The maximum Gasteiger partial charge on any atom is 0.250 e. The standard InChI is InChI=1S/C23H31N5O3/c1-23(2)10-19-21(20(30)11-23)18(12-24)27-28(19)14-5-8-16(22(25)31)17(9-14)26-13-3-6-15(29)7-4-13/h5,8-9,13,15,26,29H,3-4,6-7,10-12,24H2,1-2H3,(H2,25,31)/t13-,15-. The Morgan fingerprint density at radius 1 is 1.26 bits per heavy atom. The zero-order chi connectivity index (χ0) is 22.3. The van der Waals surface area contributed by atoms with Gasteiger partial charge in [0.25, 0.3) is 5.91 Å². The van der Waals surface area contributed by atoms with Crippen molar-refractivity contribution in [3.05, 3.63) is 40.7 Å². The van der Waals surface area contributed by atoms with Crippen LogP contribution in [0.1, 0.15) is 78.1 Å². The van der Waals surface area contributed by atoms with E-state index in [0.717, 1.165) is 37.1 Å². The maximum absolute atomic E-state index is 12.8. The number of anilines is 1. The topological polar surface area (TPSA) is 136 Å². The van der Waals surface area contributed by atoms with Crippen molar-refractivity contribution in [3.63, 3.8) is 0 Å². The Morgan fingerprint density at radius 2 is 1.97 bits per heavy atom. The average molecular weight is 426 g/mol. The molecule has 4 rings (SSSR count). The molecule has 1 amide bonds. The smallest absolute Gasteiger partial charge is 0.250 e. The molecule has 1 fully saturated rings. The average Bonchev–Trinajstić information content (AvgIpc) is 3.07. The maximum atomic E-state index is 12.8. The lowest BCUT2D eigenvalue weighted by Gasteiger charge is -2.29. The molecule has 8 heteroatoms. The minimum absolute atomic E-state index is 0.0748. The highest BCUT2D eigenvalue weighted by molar-refractivity contribution is 6.00. The van der Waals surface area contributed by atoms with Gasteiger partial charge in [0.2, 0.25) is 0 Å². The third kappa shape index (κ3) is 4.22. The summed E-state index contributed by atoms with van der Waals surface area (Å²) in [5, 5.41) is 17.9. The number of aromatic nitrogens is 2. The molecule has 1 saturated carbocycles. The second kappa shape index (κ2) is 8.09. The molecule has 2 aliphatic rings. The highest BCUT2D eigenvalue weighted by Crippen LogP contribution is 2.37. The fourth-order valence-corrected chi connectivity index (χ4v) is 4.82. The number of primary amides is 1. The minimum atomic E-state index is -0.508. The molecule has 31 heavy (non-hydrogen) atoms. The predicted octanol–water partition coefficient (Wildman–Crippen LogP) is 2.30. The van der Waals surface area contributed by atoms with E-state index in [0.29, 0.717) is 35.3 Å². The van der Waals surface area contributed by atoms with Crippen LogP contribution in [0, 0.1) is 5.41 Å². The van der Waals surface area contributed by atoms with Crippen molar-refractivity contribution in [2.45, 2.75) is 71.1 Å². The summed E-state index contributed by atoms with van der Waals surface area (Å²) >= 11 is 0. The van der Waals surface area contributed by atoms with Gasteiger partial charge in [0.1, 0.15) is 0 Å². The first kappa shape index (κ1) is 21.5. The van der Waals surface area contributed by atoms with Gasteiger partial charge in [-0.05, 0) is 55.7 Å². The number of Topliss-reactive ketones (excluding diaryl/α,β-unsaturated/α-hetero) is 1. The minimum Gasteiger partial charge on any atom is -0.393 e. The van der Waals surface area contributed by atoms with Crippen LogP contribution >= 0.6 is 0 Å². The van der Waals surface area contributed by atoms with E-state index in [1.165, 1.54) is 0 Å². The number of nitrogens with one attached hydrogen (secondary N) is 1. The Morgan fingerprint density at radius 3 is 2.61 bits per heavy atom. The Labute approximate surface area is 182 Å². The molecule has 1 aromatic heterocycles. The molecular formula is C23H31N5O3. The number of carbonyl (C=O) groups excluding carboxylic acids is 2. The van der Waals surface area contributed by atoms with Gasteiger partial charge in [-0.2, -0.15) is 5.10 Å². The number of amides is 1. The molecule has 8 nitrogen and oxygen atoms in total. The van der Waals surface area contributed by atoms with Gasteiger partial charge < -0.3 is 21.9 Å². The van der Waals surface area contributed by atoms with Crippen molar-refractivity contribution in [1.82, 2.24) is 9.78 Å². The first-order valence-electron chi connectivity index (χ1n) is 10.9. The van der Waals surface area contributed by atoms with Gasteiger partial charge in [0, 0.05) is 24.7 Å². The van der Waals surface area contributed by atoms with Gasteiger partial charge >= 0.3 is 0 Å². The zero-order valence-electron chi connectivity index (χ0n) is 18.1. The molecule has 6 N–H and O–H groups in total. The fraction of sp³-hybridized carbons (Fsp3) is 0.522. The van der Waals surface area contributed by atoms with Gasteiger partial charge in [0.05, 0.1) is 34.3 Å². The number of nitrogens with two attached hydrogens (primary N) is 2. The van der Waals surface area contributed by atoms with Crippen molar-refractivity contribution in [1.29, 1.82) is 0 Å². The van der Waals surface area contributed by atoms with E-state index in [1.54, 1.807) is 16.8 Å². The van der Waals surface area contributed by atoms with Gasteiger partial charge in [-0.25, -0.2) is 4.68 Å². The quantitative estimate of drug-likeness (QED) is 0.580. The summed E-state index contributed by atoms with van der Waals surface area (Å²) < 4.78 is 1.79. The first-order valence-corrected chi connectivity index (χ1v) is 10.9. The molecule has 2 aromatic rings. The van der Waals surface area contributed by atoms with Crippen LogP contribution in [0.2, 0.25) is 0 Å². The molecule has 0 aliphatic heterocycles. The number of nitrogens with zero attached hydrogens (tertiary/aromatic N) is 2. The summed E-state index contributed by atoms with van der Waals surface area (Å²) in [6.07, 6.45) is 4.02. The summed E-state index contributed by atoms with van der Waals surface area (Å²) in [7, 11) is 0. The van der Waals surface area contributed by atoms with E-state index in [9.17, 15) is 14.7 Å². The Bertz CT molecular complexity index is 1020. The Kier molecular flexibility index (Phi) is 5.61. The lowest BCUT2D eigenvalue weighted by Crippen LogP contribution is -2.29. The van der Waals surface area contributed by atoms with Gasteiger partial charge in [-0.3, -0.25) is 9.59 Å². The number of ketones is 1. The van der Waals surface area contributed by atoms with Gasteiger partial charge in [0.15, 0.2) is 5.78 Å². The number of hydrogen-bond acceptors (Lipinski definition) is 6. The van der Waals surface area contributed by atoms with Crippen molar-refractivity contribution >= 4 is 17.4 Å². The molecular weight excluding hydrogens is 394 g/mol. The van der Waals surface area contributed by atoms with Crippen LogP contribution in [-0.4, -0.2) is 38.7 Å². The number of aliphatic hydroxyl groups excluding tert-OH is 1. The normalized spacial score (nSPS) is 22.8. The van der Waals surface area contributed by atoms with Gasteiger partial charge in [-0.1, -0.05) is 13.8 Å². The molecule has 2 aliphatic carbocycles. The summed E-state index contributed by atoms with van der Waals surface area (Å²) in [6.45, 7) is 4.35. The molecule has 0 saturated heterocycles.